The molecule has 0 saturated carbocycles. The number of benzene rings is 1. The Balaban J connectivity index is 1.73. The quantitative estimate of drug-likeness (QED) is 0.625. The van der Waals surface area contributed by atoms with E-state index >= 15 is 0 Å². The number of carbonyl (C=O) groups excluding carboxylic acids is 1. The van der Waals surface area contributed by atoms with Gasteiger partial charge in [-0.15, -0.1) is 5.10 Å². The Kier molecular flexibility index (Phi) is 3.21. The Morgan fingerprint density at radius 1 is 1.26 bits per heavy atom. The molecule has 1 amide bonds. The highest BCUT2D eigenvalue weighted by Gasteiger charge is 2.27. The SMILES string of the molecule is O=C(c1n[nH]c(=O)[nH]1)N1CCc2[nH]c3c(Cl)c(Cl)ccc3c2C1. The van der Waals surface area contributed by atoms with Gasteiger partial charge in [0.1, 0.15) is 0 Å². The molecule has 0 fully saturated rings. The van der Waals surface area contributed by atoms with Gasteiger partial charge >= 0.3 is 5.69 Å². The van der Waals surface area contributed by atoms with Crippen molar-refractivity contribution in [3.05, 3.63) is 49.7 Å². The fourth-order valence-electron chi connectivity index (χ4n) is 2.92. The van der Waals surface area contributed by atoms with Gasteiger partial charge in [0, 0.05) is 36.2 Å². The highest BCUT2D eigenvalue weighted by molar-refractivity contribution is 6.45. The number of aromatic nitrogens is 4. The van der Waals surface area contributed by atoms with Gasteiger partial charge in [0.15, 0.2) is 0 Å². The van der Waals surface area contributed by atoms with Crippen LogP contribution >= 0.6 is 23.2 Å². The van der Waals surface area contributed by atoms with E-state index in [1.165, 1.54) is 0 Å². The van der Waals surface area contributed by atoms with Gasteiger partial charge in [-0.25, -0.2) is 9.89 Å². The second-order valence-electron chi connectivity index (χ2n) is 5.37. The minimum Gasteiger partial charge on any atom is -0.357 e. The largest absolute Gasteiger partial charge is 0.357 e. The predicted molar refractivity (Wildman–Crippen MR) is 86.0 cm³/mol. The van der Waals surface area contributed by atoms with Gasteiger partial charge in [0.2, 0.25) is 5.82 Å². The number of hydrogen-bond acceptors (Lipinski definition) is 3. The van der Waals surface area contributed by atoms with Crippen LogP contribution in [0.4, 0.5) is 0 Å². The van der Waals surface area contributed by atoms with Gasteiger partial charge in [-0.3, -0.25) is 9.78 Å². The maximum atomic E-state index is 12.4. The molecular formula is C14H11Cl2N5O2. The third kappa shape index (κ3) is 2.24. The van der Waals surface area contributed by atoms with Gasteiger partial charge < -0.3 is 9.88 Å². The van der Waals surface area contributed by atoms with Gasteiger partial charge in [0.05, 0.1) is 15.6 Å². The normalized spacial score (nSPS) is 14.3. The van der Waals surface area contributed by atoms with E-state index < -0.39 is 5.69 Å². The van der Waals surface area contributed by atoms with Crippen LogP contribution in [0.5, 0.6) is 0 Å². The van der Waals surface area contributed by atoms with Crippen molar-refractivity contribution >= 4 is 40.0 Å². The smallest absolute Gasteiger partial charge is 0.341 e. The molecule has 3 aromatic rings. The van der Waals surface area contributed by atoms with Crippen LogP contribution in [-0.4, -0.2) is 37.5 Å². The van der Waals surface area contributed by atoms with Crippen LogP contribution in [-0.2, 0) is 13.0 Å². The molecule has 0 unspecified atom stereocenters. The van der Waals surface area contributed by atoms with Gasteiger partial charge in [-0.1, -0.05) is 29.3 Å². The van der Waals surface area contributed by atoms with Gasteiger partial charge in [0.25, 0.3) is 5.91 Å². The molecule has 23 heavy (non-hydrogen) atoms. The first-order valence-corrected chi connectivity index (χ1v) is 7.71. The molecule has 118 valence electrons. The molecule has 0 aliphatic carbocycles. The Morgan fingerprint density at radius 3 is 2.83 bits per heavy atom. The molecule has 9 heteroatoms. The molecule has 0 saturated heterocycles. The molecule has 2 aromatic heterocycles. The molecule has 3 heterocycles. The summed E-state index contributed by atoms with van der Waals surface area (Å²) in [5.41, 5.74) is 2.34. The molecule has 0 spiro atoms. The number of nitrogens with zero attached hydrogens (tertiary/aromatic N) is 2. The first-order valence-electron chi connectivity index (χ1n) is 6.96. The van der Waals surface area contributed by atoms with E-state index in [1.807, 2.05) is 6.07 Å². The molecule has 1 aromatic carbocycles. The van der Waals surface area contributed by atoms with Crippen molar-refractivity contribution in [3.63, 3.8) is 0 Å². The Bertz CT molecular complexity index is 987. The van der Waals surface area contributed by atoms with E-state index in [9.17, 15) is 9.59 Å². The maximum Gasteiger partial charge on any atom is 0.341 e. The molecular weight excluding hydrogens is 341 g/mol. The zero-order valence-electron chi connectivity index (χ0n) is 11.7. The van der Waals surface area contributed by atoms with Gasteiger partial charge in [-0.2, -0.15) is 0 Å². The lowest BCUT2D eigenvalue weighted by Crippen LogP contribution is -2.36. The third-order valence-corrected chi connectivity index (χ3v) is 4.84. The monoisotopic (exact) mass is 351 g/mol. The average Bonchev–Trinajstić information content (AvgIpc) is 3.13. The summed E-state index contributed by atoms with van der Waals surface area (Å²) in [7, 11) is 0. The summed E-state index contributed by atoms with van der Waals surface area (Å²) < 4.78 is 0. The molecule has 0 atom stereocenters. The van der Waals surface area contributed by atoms with Crippen molar-refractivity contribution in [2.75, 3.05) is 6.54 Å². The number of halogens is 2. The van der Waals surface area contributed by atoms with Crippen LogP contribution in [0.1, 0.15) is 21.9 Å². The lowest BCUT2D eigenvalue weighted by atomic mass is 10.0. The fraction of sp³-hybridized carbons (Fsp3) is 0.214. The summed E-state index contributed by atoms with van der Waals surface area (Å²) in [6, 6.07) is 3.63. The average molecular weight is 352 g/mol. The van der Waals surface area contributed by atoms with Crippen LogP contribution in [0.25, 0.3) is 10.9 Å². The summed E-state index contributed by atoms with van der Waals surface area (Å²) in [6.45, 7) is 0.944. The minimum absolute atomic E-state index is 0.0133. The number of nitrogens with one attached hydrogen (secondary N) is 3. The number of hydrogen-bond donors (Lipinski definition) is 3. The molecule has 1 aliphatic rings. The predicted octanol–water partition coefficient (Wildman–Crippen LogP) is 2.08. The first-order chi connectivity index (χ1) is 11.0. The Hall–Kier alpha value is -2.25. The number of carbonyl (C=O) groups is 1. The van der Waals surface area contributed by atoms with Crippen molar-refractivity contribution in [3.8, 4) is 0 Å². The van der Waals surface area contributed by atoms with E-state index in [0.717, 1.165) is 22.2 Å². The first kappa shape index (κ1) is 14.3. The highest BCUT2D eigenvalue weighted by atomic mass is 35.5. The molecule has 4 rings (SSSR count). The molecule has 3 N–H and O–H groups in total. The van der Waals surface area contributed by atoms with E-state index in [1.54, 1.807) is 11.0 Å². The summed E-state index contributed by atoms with van der Waals surface area (Å²) in [4.78, 5) is 30.8. The number of aromatic amines is 3. The van der Waals surface area contributed by atoms with Crippen molar-refractivity contribution in [1.82, 2.24) is 25.1 Å². The second kappa shape index (κ2) is 5.14. The van der Waals surface area contributed by atoms with Crippen molar-refractivity contribution < 1.29 is 4.79 Å². The topological polar surface area (TPSA) is 97.6 Å². The Labute approximate surface area is 139 Å². The number of rotatable bonds is 1. The number of fused-ring (bicyclic) bond motifs is 3. The fourth-order valence-corrected chi connectivity index (χ4v) is 3.29. The molecule has 0 bridgehead atoms. The standard InChI is InChI=1S/C14H11Cl2N5O2/c15-8-2-1-6-7-5-21(13(22)12-18-14(23)20-19-12)4-3-9(7)17-11(6)10(8)16/h1-2,17H,3-5H2,(H2,18,19,20,23). The van der Waals surface area contributed by atoms with E-state index in [2.05, 4.69) is 20.2 Å². The summed E-state index contributed by atoms with van der Waals surface area (Å²) in [5, 5.41) is 7.80. The molecule has 1 aliphatic heterocycles. The van der Waals surface area contributed by atoms with Crippen LogP contribution in [0, 0.1) is 0 Å². The Morgan fingerprint density at radius 2 is 2.09 bits per heavy atom. The molecule has 0 radical (unpaired) electrons. The van der Waals surface area contributed by atoms with E-state index in [4.69, 9.17) is 23.2 Å². The van der Waals surface area contributed by atoms with Crippen LogP contribution in [0.15, 0.2) is 16.9 Å². The van der Waals surface area contributed by atoms with Crippen LogP contribution in [0.2, 0.25) is 10.0 Å². The zero-order chi connectivity index (χ0) is 16.1. The number of amides is 1. The van der Waals surface area contributed by atoms with E-state index in [-0.39, 0.29) is 11.7 Å². The minimum atomic E-state index is -0.500. The summed E-state index contributed by atoms with van der Waals surface area (Å²) >= 11 is 12.3. The second-order valence-corrected chi connectivity index (χ2v) is 6.15. The van der Waals surface area contributed by atoms with Crippen molar-refractivity contribution in [2.24, 2.45) is 0 Å². The zero-order valence-corrected chi connectivity index (χ0v) is 13.3. The summed E-state index contributed by atoms with van der Waals surface area (Å²) in [6.07, 6.45) is 0.665. The lowest BCUT2D eigenvalue weighted by Gasteiger charge is -2.26. The van der Waals surface area contributed by atoms with Gasteiger partial charge in [-0.05, 0) is 6.07 Å². The maximum absolute atomic E-state index is 12.4. The highest BCUT2D eigenvalue weighted by Crippen LogP contribution is 2.35. The molecule has 7 nitrogen and oxygen atoms in total. The van der Waals surface area contributed by atoms with E-state index in [0.29, 0.717) is 29.6 Å². The summed E-state index contributed by atoms with van der Waals surface area (Å²) in [5.74, 6) is -0.303. The van der Waals surface area contributed by atoms with Crippen molar-refractivity contribution in [1.29, 1.82) is 0 Å². The lowest BCUT2D eigenvalue weighted by molar-refractivity contribution is 0.0723. The van der Waals surface area contributed by atoms with Crippen LogP contribution < -0.4 is 5.69 Å². The van der Waals surface area contributed by atoms with Crippen LogP contribution in [0.3, 0.4) is 0 Å². The third-order valence-electron chi connectivity index (χ3n) is 4.03. The number of H-pyrrole nitrogens is 3. The van der Waals surface area contributed by atoms with Crippen molar-refractivity contribution in [2.45, 2.75) is 13.0 Å².